The summed E-state index contributed by atoms with van der Waals surface area (Å²) in [6, 6.07) is 0. The van der Waals surface area contributed by atoms with Crippen LogP contribution in [0.15, 0.2) is 97.2 Å². The molecule has 0 aromatic rings. The molecule has 76 heavy (non-hydrogen) atoms. The molecule has 0 saturated heterocycles. The minimum absolute atomic E-state index is 0.0838. The Morgan fingerprint density at radius 3 is 0.855 bits per heavy atom. The number of ether oxygens (including phenoxy) is 3. The quantitative estimate of drug-likeness (QED) is 0.0261. The first kappa shape index (κ1) is 72.3. The average Bonchev–Trinajstić information content (AvgIpc) is 3.42. The zero-order valence-electron chi connectivity index (χ0n) is 50.0. The Morgan fingerprint density at radius 2 is 0.526 bits per heavy atom. The van der Waals surface area contributed by atoms with Crippen molar-refractivity contribution in [3.05, 3.63) is 97.2 Å². The van der Waals surface area contributed by atoms with E-state index in [1.807, 2.05) is 0 Å². The number of unbranched alkanes of at least 4 members (excludes halogenated alkanes) is 31. The molecule has 1 unspecified atom stereocenters. The van der Waals surface area contributed by atoms with Crippen LogP contribution < -0.4 is 0 Å². The number of allylic oxidation sites excluding steroid dienone is 16. The lowest BCUT2D eigenvalue weighted by molar-refractivity contribution is -0.167. The van der Waals surface area contributed by atoms with Crippen LogP contribution in [0.2, 0.25) is 0 Å². The van der Waals surface area contributed by atoms with Crippen molar-refractivity contribution in [2.24, 2.45) is 0 Å². The van der Waals surface area contributed by atoms with Gasteiger partial charge in [0.25, 0.3) is 0 Å². The van der Waals surface area contributed by atoms with Crippen LogP contribution in [0, 0.1) is 0 Å². The van der Waals surface area contributed by atoms with Crippen LogP contribution >= 0.6 is 0 Å². The Bertz CT molecular complexity index is 1490. The summed E-state index contributed by atoms with van der Waals surface area (Å²) in [6.45, 7) is 6.47. The third-order valence-corrected chi connectivity index (χ3v) is 13.8. The first-order valence-corrected chi connectivity index (χ1v) is 32.2. The van der Waals surface area contributed by atoms with Crippen molar-refractivity contribution in [1.29, 1.82) is 0 Å². The molecule has 0 bridgehead atoms. The molecular formula is C70H120O6. The molecule has 0 rings (SSSR count). The van der Waals surface area contributed by atoms with E-state index in [1.165, 1.54) is 148 Å². The van der Waals surface area contributed by atoms with Crippen molar-refractivity contribution in [3.8, 4) is 0 Å². The normalized spacial score (nSPS) is 12.7. The lowest BCUT2D eigenvalue weighted by Gasteiger charge is -2.18. The van der Waals surface area contributed by atoms with Gasteiger partial charge in [0.2, 0.25) is 0 Å². The van der Waals surface area contributed by atoms with E-state index in [1.54, 1.807) is 0 Å². The minimum Gasteiger partial charge on any atom is -0.462 e. The van der Waals surface area contributed by atoms with Gasteiger partial charge in [-0.1, -0.05) is 272 Å². The third-order valence-electron chi connectivity index (χ3n) is 13.8. The number of esters is 3. The molecule has 0 aliphatic carbocycles. The summed E-state index contributed by atoms with van der Waals surface area (Å²) in [6.07, 6.45) is 85.6. The fraction of sp³-hybridized carbons (Fsp3) is 0.729. The Balaban J connectivity index is 4.19. The molecule has 0 aromatic heterocycles. The third kappa shape index (κ3) is 61.2. The van der Waals surface area contributed by atoms with Crippen LogP contribution in [0.25, 0.3) is 0 Å². The van der Waals surface area contributed by atoms with Gasteiger partial charge in [-0.25, -0.2) is 0 Å². The number of rotatable bonds is 58. The van der Waals surface area contributed by atoms with Gasteiger partial charge in [0.1, 0.15) is 13.2 Å². The first-order valence-electron chi connectivity index (χ1n) is 32.2. The average molecular weight is 1060 g/mol. The van der Waals surface area contributed by atoms with Gasteiger partial charge in [0.05, 0.1) is 0 Å². The van der Waals surface area contributed by atoms with Gasteiger partial charge in [-0.05, 0) is 116 Å². The summed E-state index contributed by atoms with van der Waals surface area (Å²) in [5, 5.41) is 0. The number of hydrogen-bond acceptors (Lipinski definition) is 6. The fourth-order valence-corrected chi connectivity index (χ4v) is 8.95. The van der Waals surface area contributed by atoms with Crippen molar-refractivity contribution >= 4 is 17.9 Å². The fourth-order valence-electron chi connectivity index (χ4n) is 8.95. The second-order valence-electron chi connectivity index (χ2n) is 21.3. The second kappa shape index (κ2) is 63.9. The zero-order valence-corrected chi connectivity index (χ0v) is 50.0. The molecule has 0 aliphatic rings. The van der Waals surface area contributed by atoms with Crippen LogP contribution in [0.1, 0.15) is 310 Å². The largest absolute Gasteiger partial charge is 0.462 e. The molecule has 0 aliphatic heterocycles. The van der Waals surface area contributed by atoms with Crippen LogP contribution in [-0.2, 0) is 28.6 Å². The van der Waals surface area contributed by atoms with Crippen LogP contribution in [0.5, 0.6) is 0 Å². The SMILES string of the molecule is CC/C=C\C/C=C\C/C=C\C/C=C\C/C=C\CCCCCCCCCCCCCCCCCC(=O)OCC(COC(=O)CCCCCCC/C=C\CCCCCC)OC(=O)CCCCCCC/C=C\C/C=C\CCCC. The highest BCUT2D eigenvalue weighted by atomic mass is 16.6. The van der Waals surface area contributed by atoms with Crippen LogP contribution in [-0.4, -0.2) is 37.2 Å². The van der Waals surface area contributed by atoms with E-state index >= 15 is 0 Å². The van der Waals surface area contributed by atoms with E-state index in [0.29, 0.717) is 19.3 Å². The predicted octanol–water partition coefficient (Wildman–Crippen LogP) is 22.0. The van der Waals surface area contributed by atoms with E-state index in [0.717, 1.165) is 122 Å². The van der Waals surface area contributed by atoms with Gasteiger partial charge in [0.15, 0.2) is 6.10 Å². The molecule has 6 nitrogen and oxygen atoms in total. The summed E-state index contributed by atoms with van der Waals surface area (Å²) in [5.74, 6) is -0.898. The van der Waals surface area contributed by atoms with Crippen LogP contribution in [0.3, 0.4) is 0 Å². The van der Waals surface area contributed by atoms with E-state index < -0.39 is 6.10 Å². The van der Waals surface area contributed by atoms with Gasteiger partial charge in [0, 0.05) is 19.3 Å². The van der Waals surface area contributed by atoms with Gasteiger partial charge in [-0.15, -0.1) is 0 Å². The molecular weight excluding hydrogens is 937 g/mol. The van der Waals surface area contributed by atoms with Gasteiger partial charge in [-0.3, -0.25) is 14.4 Å². The molecule has 6 heteroatoms. The second-order valence-corrected chi connectivity index (χ2v) is 21.3. The molecule has 0 radical (unpaired) electrons. The Morgan fingerprint density at radius 1 is 0.276 bits per heavy atom. The molecule has 0 spiro atoms. The van der Waals surface area contributed by atoms with Crippen LogP contribution in [0.4, 0.5) is 0 Å². The maximum absolute atomic E-state index is 12.9. The number of carbonyl (C=O) groups excluding carboxylic acids is 3. The lowest BCUT2D eigenvalue weighted by Crippen LogP contribution is -2.30. The summed E-state index contributed by atoms with van der Waals surface area (Å²) in [5.41, 5.74) is 0. The van der Waals surface area contributed by atoms with E-state index in [2.05, 4.69) is 118 Å². The van der Waals surface area contributed by atoms with E-state index in [4.69, 9.17) is 14.2 Å². The first-order chi connectivity index (χ1) is 37.5. The molecule has 436 valence electrons. The number of carbonyl (C=O) groups is 3. The van der Waals surface area contributed by atoms with Gasteiger partial charge in [-0.2, -0.15) is 0 Å². The maximum atomic E-state index is 12.9. The minimum atomic E-state index is -0.787. The van der Waals surface area contributed by atoms with Crippen molar-refractivity contribution in [2.75, 3.05) is 13.2 Å². The molecule has 0 N–H and O–H groups in total. The molecule has 1 atom stereocenters. The predicted molar refractivity (Wildman–Crippen MR) is 330 cm³/mol. The summed E-state index contributed by atoms with van der Waals surface area (Å²) in [7, 11) is 0. The Labute approximate surface area is 470 Å². The number of hydrogen-bond donors (Lipinski definition) is 0. The summed E-state index contributed by atoms with van der Waals surface area (Å²) < 4.78 is 16.9. The Hall–Kier alpha value is -3.67. The standard InChI is InChI=1S/C70H120O6/c1-4-7-10-13-16-19-22-25-27-28-29-30-31-32-33-34-35-36-37-38-39-40-41-42-43-46-48-51-54-57-60-63-69(72)75-66-67(65-74-68(71)62-59-56-53-50-47-44-24-21-18-15-12-9-6-3)76-70(73)64-61-58-55-52-49-45-26-23-20-17-14-11-8-5-2/h7,10,14,16-17,19,21,23-27,29-30,32-33,67H,4-6,8-9,11-13,15,18,20,22,28,31,34-66H2,1-3H3/b10-7-,17-14-,19-16-,24-21-,26-23-,27-25-,30-29-,33-32-. The summed E-state index contributed by atoms with van der Waals surface area (Å²) in [4.78, 5) is 38.2. The van der Waals surface area contributed by atoms with Crippen molar-refractivity contribution in [3.63, 3.8) is 0 Å². The van der Waals surface area contributed by atoms with Crippen molar-refractivity contribution in [2.45, 2.75) is 316 Å². The highest BCUT2D eigenvalue weighted by molar-refractivity contribution is 5.71. The molecule has 0 saturated carbocycles. The smallest absolute Gasteiger partial charge is 0.306 e. The lowest BCUT2D eigenvalue weighted by atomic mass is 10.0. The Kier molecular flexibility index (Phi) is 60.8. The zero-order chi connectivity index (χ0) is 55.0. The molecule has 0 fully saturated rings. The van der Waals surface area contributed by atoms with Crippen molar-refractivity contribution < 1.29 is 28.6 Å². The summed E-state index contributed by atoms with van der Waals surface area (Å²) >= 11 is 0. The monoisotopic (exact) mass is 1060 g/mol. The van der Waals surface area contributed by atoms with E-state index in [-0.39, 0.29) is 31.1 Å². The van der Waals surface area contributed by atoms with Gasteiger partial charge >= 0.3 is 17.9 Å². The van der Waals surface area contributed by atoms with Crippen molar-refractivity contribution in [1.82, 2.24) is 0 Å². The highest BCUT2D eigenvalue weighted by Crippen LogP contribution is 2.16. The highest BCUT2D eigenvalue weighted by Gasteiger charge is 2.19. The topological polar surface area (TPSA) is 78.9 Å². The van der Waals surface area contributed by atoms with Gasteiger partial charge < -0.3 is 14.2 Å². The molecule has 0 amide bonds. The maximum Gasteiger partial charge on any atom is 0.306 e. The molecule has 0 aromatic carbocycles. The van der Waals surface area contributed by atoms with E-state index in [9.17, 15) is 14.4 Å². The molecule has 0 heterocycles.